The average molecular weight is 366 g/mol. The summed E-state index contributed by atoms with van der Waals surface area (Å²) in [7, 11) is 0. The lowest BCUT2D eigenvalue weighted by Gasteiger charge is -2.22. The highest BCUT2D eigenvalue weighted by Gasteiger charge is 2.25. The van der Waals surface area contributed by atoms with Crippen LogP contribution in [-0.2, 0) is 0 Å². The van der Waals surface area contributed by atoms with Crippen LogP contribution in [0.2, 0.25) is 5.02 Å². The molecular formula is C22H20ClNS. The van der Waals surface area contributed by atoms with Crippen molar-refractivity contribution in [2.45, 2.75) is 29.5 Å². The van der Waals surface area contributed by atoms with Gasteiger partial charge in [0.25, 0.3) is 0 Å². The van der Waals surface area contributed by atoms with Gasteiger partial charge in [-0.2, -0.15) is 0 Å². The van der Waals surface area contributed by atoms with Crippen LogP contribution in [0.3, 0.4) is 0 Å². The van der Waals surface area contributed by atoms with Gasteiger partial charge in [0.15, 0.2) is 0 Å². The fourth-order valence-corrected chi connectivity index (χ4v) is 4.68. The minimum atomic E-state index is 0.264. The Labute approximate surface area is 158 Å². The largest absolute Gasteiger partial charge is 0.377 e. The van der Waals surface area contributed by atoms with Gasteiger partial charge in [-0.1, -0.05) is 65.7 Å². The lowest BCUT2D eigenvalue weighted by molar-refractivity contribution is 0.687. The monoisotopic (exact) mass is 365 g/mol. The molecule has 0 amide bonds. The molecule has 0 unspecified atom stereocenters. The maximum atomic E-state index is 6.08. The summed E-state index contributed by atoms with van der Waals surface area (Å²) in [5.74, 6) is 0. The molecule has 1 N–H and O–H groups in total. The van der Waals surface area contributed by atoms with Crippen molar-refractivity contribution in [1.29, 1.82) is 0 Å². The van der Waals surface area contributed by atoms with Crippen molar-refractivity contribution in [3.8, 4) is 0 Å². The van der Waals surface area contributed by atoms with Gasteiger partial charge >= 0.3 is 0 Å². The van der Waals surface area contributed by atoms with Gasteiger partial charge in [-0.15, -0.1) is 11.8 Å². The van der Waals surface area contributed by atoms with Crippen LogP contribution in [0, 0.1) is 6.92 Å². The zero-order valence-electron chi connectivity index (χ0n) is 14.1. The van der Waals surface area contributed by atoms with Crippen LogP contribution < -0.4 is 5.32 Å². The number of aryl methyl sites for hydroxylation is 1. The molecule has 1 aliphatic heterocycles. The molecule has 1 aliphatic rings. The Morgan fingerprint density at radius 1 is 0.880 bits per heavy atom. The molecule has 3 aromatic carbocycles. The maximum absolute atomic E-state index is 6.08. The normalized spacial score (nSPS) is 19.6. The fraction of sp³-hybridized carbons (Fsp3) is 0.182. The van der Waals surface area contributed by atoms with Gasteiger partial charge in [0.2, 0.25) is 0 Å². The van der Waals surface area contributed by atoms with Gasteiger partial charge in [-0.05, 0) is 48.7 Å². The second-order valence-corrected chi connectivity index (χ2v) is 8.18. The van der Waals surface area contributed by atoms with E-state index in [1.165, 1.54) is 27.3 Å². The predicted molar refractivity (Wildman–Crippen MR) is 109 cm³/mol. The van der Waals surface area contributed by atoms with Crippen LogP contribution in [0.25, 0.3) is 0 Å². The Bertz CT molecular complexity index is 785. The summed E-state index contributed by atoms with van der Waals surface area (Å²) in [4.78, 5) is 1.31. The molecule has 25 heavy (non-hydrogen) atoms. The van der Waals surface area contributed by atoms with Crippen molar-refractivity contribution in [3.63, 3.8) is 0 Å². The van der Waals surface area contributed by atoms with Crippen molar-refractivity contribution in [2.24, 2.45) is 0 Å². The summed E-state index contributed by atoms with van der Waals surface area (Å²) in [5, 5.41) is 4.94. The Morgan fingerprint density at radius 2 is 1.56 bits per heavy atom. The number of anilines is 1. The third kappa shape index (κ3) is 3.70. The first-order valence-corrected chi connectivity index (χ1v) is 9.79. The van der Waals surface area contributed by atoms with Crippen LogP contribution in [0.4, 0.5) is 5.69 Å². The first-order valence-electron chi connectivity index (χ1n) is 8.53. The minimum absolute atomic E-state index is 0.264. The zero-order chi connectivity index (χ0) is 17.2. The predicted octanol–water partition coefficient (Wildman–Crippen LogP) is 7.04. The Morgan fingerprint density at radius 3 is 2.32 bits per heavy atom. The molecule has 3 heteroatoms. The number of fused-ring (bicyclic) bond motifs is 1. The Hall–Kier alpha value is -1.90. The van der Waals surface area contributed by atoms with E-state index in [2.05, 4.69) is 72.9 Å². The molecule has 1 heterocycles. The molecule has 0 radical (unpaired) electrons. The maximum Gasteiger partial charge on any atom is 0.0528 e. The number of halogens is 1. The average Bonchev–Trinajstić information content (AvgIpc) is 2.82. The first-order chi connectivity index (χ1) is 12.2. The van der Waals surface area contributed by atoms with Crippen LogP contribution >= 0.6 is 23.4 Å². The Balaban J connectivity index is 1.72. The summed E-state index contributed by atoms with van der Waals surface area (Å²) in [6.45, 7) is 2.14. The molecule has 0 aliphatic carbocycles. The van der Waals surface area contributed by atoms with E-state index in [4.69, 9.17) is 11.6 Å². The smallest absolute Gasteiger partial charge is 0.0528 e. The van der Waals surface area contributed by atoms with Crippen molar-refractivity contribution in [1.82, 2.24) is 0 Å². The van der Waals surface area contributed by atoms with Gasteiger partial charge in [0.1, 0.15) is 0 Å². The summed E-state index contributed by atoms with van der Waals surface area (Å²) in [6.07, 6.45) is 1.03. The van der Waals surface area contributed by atoms with Gasteiger partial charge in [0.05, 0.1) is 6.04 Å². The first kappa shape index (κ1) is 16.6. The highest BCUT2D eigenvalue weighted by molar-refractivity contribution is 7.99. The summed E-state index contributed by atoms with van der Waals surface area (Å²) >= 11 is 8.03. The lowest BCUT2D eigenvalue weighted by atomic mass is 9.98. The van der Waals surface area contributed by atoms with Gasteiger partial charge in [-0.25, -0.2) is 0 Å². The molecule has 3 aromatic rings. The quantitative estimate of drug-likeness (QED) is 0.522. The highest BCUT2D eigenvalue weighted by atomic mass is 35.5. The van der Waals surface area contributed by atoms with Crippen LogP contribution in [-0.4, -0.2) is 0 Å². The van der Waals surface area contributed by atoms with E-state index in [1.807, 2.05) is 23.9 Å². The minimum Gasteiger partial charge on any atom is -0.377 e. The van der Waals surface area contributed by atoms with E-state index in [1.54, 1.807) is 0 Å². The van der Waals surface area contributed by atoms with Crippen molar-refractivity contribution < 1.29 is 0 Å². The molecule has 1 nitrogen and oxygen atoms in total. The van der Waals surface area contributed by atoms with E-state index in [0.29, 0.717) is 5.25 Å². The van der Waals surface area contributed by atoms with E-state index in [-0.39, 0.29) is 6.04 Å². The van der Waals surface area contributed by atoms with Crippen molar-refractivity contribution in [3.05, 3.63) is 94.5 Å². The summed E-state index contributed by atoms with van der Waals surface area (Å²) < 4.78 is 0. The van der Waals surface area contributed by atoms with Crippen molar-refractivity contribution in [2.75, 3.05) is 5.32 Å². The van der Waals surface area contributed by atoms with Gasteiger partial charge < -0.3 is 5.32 Å². The zero-order valence-corrected chi connectivity index (χ0v) is 15.6. The third-order valence-corrected chi connectivity index (χ3v) is 6.27. The molecule has 0 saturated carbocycles. The highest BCUT2D eigenvalue weighted by Crippen LogP contribution is 2.48. The topological polar surface area (TPSA) is 12.0 Å². The number of nitrogens with one attached hydrogen (secondary N) is 1. The second-order valence-electron chi connectivity index (χ2n) is 6.50. The molecule has 0 aromatic heterocycles. The van der Waals surface area contributed by atoms with E-state index in [0.717, 1.165) is 11.4 Å². The van der Waals surface area contributed by atoms with Crippen molar-refractivity contribution >= 4 is 29.1 Å². The molecule has 0 fully saturated rings. The number of hydrogen-bond donors (Lipinski definition) is 1. The van der Waals surface area contributed by atoms with Crippen LogP contribution in [0.1, 0.15) is 34.4 Å². The van der Waals surface area contributed by atoms with E-state index >= 15 is 0 Å². The van der Waals surface area contributed by atoms with Crippen LogP contribution in [0.5, 0.6) is 0 Å². The van der Waals surface area contributed by atoms with E-state index in [9.17, 15) is 0 Å². The lowest BCUT2D eigenvalue weighted by Crippen LogP contribution is -2.11. The van der Waals surface area contributed by atoms with Gasteiger partial charge in [-0.3, -0.25) is 0 Å². The van der Waals surface area contributed by atoms with E-state index < -0.39 is 0 Å². The number of hydrogen-bond acceptors (Lipinski definition) is 2. The molecule has 2 atom stereocenters. The van der Waals surface area contributed by atoms with Gasteiger partial charge in [0, 0.05) is 20.9 Å². The fourth-order valence-electron chi connectivity index (χ4n) is 3.25. The van der Waals surface area contributed by atoms with Crippen LogP contribution in [0.15, 0.2) is 77.7 Å². The summed E-state index contributed by atoms with van der Waals surface area (Å²) in [5.41, 5.74) is 5.17. The Kier molecular flexibility index (Phi) is 4.74. The standard InChI is InChI=1S/C22H20ClNS/c1-15-6-8-17(9-7-15)22-14-20(16-10-12-18(23)13-11-16)24-19-4-2-3-5-21(19)25-22/h2-13,20,22,24H,14H2,1H3/t20-,22-/m0/s1. The second kappa shape index (κ2) is 7.15. The number of rotatable bonds is 2. The third-order valence-electron chi connectivity index (χ3n) is 4.66. The molecule has 0 saturated heterocycles. The number of benzene rings is 3. The molecule has 0 spiro atoms. The number of para-hydroxylation sites is 1. The summed E-state index contributed by atoms with van der Waals surface area (Å²) in [6, 6.07) is 26.0. The molecular weight excluding hydrogens is 346 g/mol. The molecule has 4 rings (SSSR count). The molecule has 0 bridgehead atoms. The SMILES string of the molecule is Cc1ccc([C@@H]2C[C@@H](c3ccc(Cl)cc3)Nc3ccccc3S2)cc1. The molecule has 126 valence electrons. The number of thioether (sulfide) groups is 1.